The van der Waals surface area contributed by atoms with Crippen LogP contribution >= 0.6 is 0 Å². The minimum absolute atomic E-state index is 0.0492. The molecule has 0 saturated carbocycles. The summed E-state index contributed by atoms with van der Waals surface area (Å²) in [6.07, 6.45) is 4.26. The maximum Gasteiger partial charge on any atom is 0.280 e. The van der Waals surface area contributed by atoms with E-state index in [2.05, 4.69) is 19.7 Å². The van der Waals surface area contributed by atoms with Crippen molar-refractivity contribution in [2.75, 3.05) is 16.3 Å². The number of fused-ring (bicyclic) bond motifs is 2. The Bertz CT molecular complexity index is 1650. The first-order valence-corrected chi connectivity index (χ1v) is 13.3. The highest BCUT2D eigenvalue weighted by molar-refractivity contribution is 7.92. The minimum atomic E-state index is -4.22. The van der Waals surface area contributed by atoms with Gasteiger partial charge in [0.2, 0.25) is 15.5 Å². The van der Waals surface area contributed by atoms with E-state index in [0.717, 1.165) is 12.3 Å². The number of nitrogens with zero attached hydrogens (tertiary/aromatic N) is 3. The van der Waals surface area contributed by atoms with Gasteiger partial charge in [0.25, 0.3) is 15.6 Å². The Kier molecular flexibility index (Phi) is 5.44. The van der Waals surface area contributed by atoms with Crippen molar-refractivity contribution in [3.05, 3.63) is 56.5 Å². The van der Waals surface area contributed by atoms with Crippen LogP contribution in [0.15, 0.2) is 45.2 Å². The Morgan fingerprint density at radius 3 is 2.61 bits per heavy atom. The summed E-state index contributed by atoms with van der Waals surface area (Å²) in [4.78, 5) is 30.1. The van der Waals surface area contributed by atoms with Crippen LogP contribution in [-0.2, 0) is 26.6 Å². The van der Waals surface area contributed by atoms with Crippen molar-refractivity contribution in [1.29, 1.82) is 0 Å². The molecule has 0 saturated heterocycles. The van der Waals surface area contributed by atoms with E-state index in [1.807, 2.05) is 13.8 Å². The molecule has 0 unspecified atom stereocenters. The smallest absolute Gasteiger partial charge is 0.280 e. The van der Waals surface area contributed by atoms with E-state index in [0.29, 0.717) is 13.0 Å². The van der Waals surface area contributed by atoms with Gasteiger partial charge in [-0.2, -0.15) is 0 Å². The minimum Gasteiger partial charge on any atom is -0.339 e. The van der Waals surface area contributed by atoms with Gasteiger partial charge in [0.15, 0.2) is 0 Å². The molecule has 0 radical (unpaired) electrons. The molecule has 1 aromatic carbocycles. The second-order valence-electron chi connectivity index (χ2n) is 8.13. The SMILES string of the molecule is CC(C)CCn1c(=O)/c(=C2/Nc3ccc(NS(C)(=O)=O)cc3S(=O)(=O)N2)c(=O)c2cncn21. The normalized spacial score (nSPS) is 16.8. The summed E-state index contributed by atoms with van der Waals surface area (Å²) in [5, 5.41) is 2.43. The van der Waals surface area contributed by atoms with Crippen molar-refractivity contribution in [2.24, 2.45) is 5.92 Å². The molecule has 0 amide bonds. The van der Waals surface area contributed by atoms with Gasteiger partial charge >= 0.3 is 0 Å². The number of nitrogens with one attached hydrogen (secondary N) is 3. The lowest BCUT2D eigenvalue weighted by Gasteiger charge is -2.23. The maximum atomic E-state index is 13.3. The molecule has 1 aliphatic rings. The fourth-order valence-corrected chi connectivity index (χ4v) is 5.27. The van der Waals surface area contributed by atoms with Crippen LogP contribution in [0.1, 0.15) is 20.3 Å². The lowest BCUT2D eigenvalue weighted by atomic mass is 10.1. The van der Waals surface area contributed by atoms with Gasteiger partial charge in [-0.25, -0.2) is 31.0 Å². The predicted molar refractivity (Wildman–Crippen MR) is 123 cm³/mol. The second kappa shape index (κ2) is 7.88. The highest BCUT2D eigenvalue weighted by Gasteiger charge is 2.28. The van der Waals surface area contributed by atoms with Crippen LogP contribution in [0.2, 0.25) is 0 Å². The van der Waals surface area contributed by atoms with Crippen molar-refractivity contribution in [3.8, 4) is 0 Å². The quantitative estimate of drug-likeness (QED) is 0.426. The Balaban J connectivity index is 1.94. The highest BCUT2D eigenvalue weighted by Crippen LogP contribution is 2.30. The molecule has 0 fully saturated rings. The standard InChI is InChI=1S/C19H22N6O6S2/c1-11(2)6-7-24-19(27)16(17(26)14-9-20-10-25(14)24)18-21-13-5-4-12(22-32(3,28)29)8-15(13)33(30,31)23-18/h4-5,8-11,21-23H,6-7H2,1-3H3/b18-16-. The fraction of sp³-hybridized carbons (Fsp3) is 0.316. The summed E-state index contributed by atoms with van der Waals surface area (Å²) >= 11 is 0. The molecule has 33 heavy (non-hydrogen) atoms. The molecule has 3 N–H and O–H groups in total. The molecule has 176 valence electrons. The van der Waals surface area contributed by atoms with Gasteiger partial charge in [-0.3, -0.25) is 19.0 Å². The van der Waals surface area contributed by atoms with Gasteiger partial charge in [0, 0.05) is 12.2 Å². The zero-order valence-corrected chi connectivity index (χ0v) is 19.6. The molecular formula is C19H22N6O6S2. The molecule has 0 bridgehead atoms. The van der Waals surface area contributed by atoms with E-state index < -0.39 is 31.0 Å². The first-order valence-electron chi connectivity index (χ1n) is 9.92. The summed E-state index contributed by atoms with van der Waals surface area (Å²) in [5.41, 5.74) is -1.09. The molecular weight excluding hydrogens is 472 g/mol. The van der Waals surface area contributed by atoms with Crippen LogP contribution in [0.5, 0.6) is 0 Å². The van der Waals surface area contributed by atoms with Crippen molar-refractivity contribution in [1.82, 2.24) is 18.9 Å². The zero-order valence-electron chi connectivity index (χ0n) is 18.0. The van der Waals surface area contributed by atoms with Crippen LogP contribution in [0.25, 0.3) is 11.3 Å². The third-order valence-corrected chi connectivity index (χ3v) is 7.02. The number of rotatable bonds is 5. The molecule has 12 nitrogen and oxygen atoms in total. The maximum absolute atomic E-state index is 13.3. The summed E-state index contributed by atoms with van der Waals surface area (Å²) in [5.74, 6) is 0.00903. The van der Waals surface area contributed by atoms with Crippen LogP contribution in [0, 0.1) is 5.92 Å². The van der Waals surface area contributed by atoms with Gasteiger partial charge < -0.3 is 5.32 Å². The molecule has 3 aromatic rings. The molecule has 14 heteroatoms. The fourth-order valence-electron chi connectivity index (χ4n) is 3.49. The van der Waals surface area contributed by atoms with Gasteiger partial charge in [-0.05, 0) is 30.5 Å². The van der Waals surface area contributed by atoms with E-state index in [1.165, 1.54) is 33.9 Å². The Morgan fingerprint density at radius 2 is 1.94 bits per heavy atom. The van der Waals surface area contributed by atoms with Crippen molar-refractivity contribution >= 4 is 42.8 Å². The summed E-state index contributed by atoms with van der Waals surface area (Å²) in [7, 11) is -7.85. The average molecular weight is 495 g/mol. The molecule has 3 heterocycles. The van der Waals surface area contributed by atoms with Crippen molar-refractivity contribution < 1.29 is 16.8 Å². The number of anilines is 2. The molecule has 0 spiro atoms. The number of benzene rings is 1. The van der Waals surface area contributed by atoms with Crippen LogP contribution in [-0.4, -0.2) is 37.3 Å². The molecule has 2 aromatic heterocycles. The Hall–Kier alpha value is -3.39. The lowest BCUT2D eigenvalue weighted by Crippen LogP contribution is -2.52. The van der Waals surface area contributed by atoms with Crippen LogP contribution in [0.4, 0.5) is 11.4 Å². The summed E-state index contributed by atoms with van der Waals surface area (Å²) < 4.78 is 56.0. The Labute approximate surface area is 189 Å². The average Bonchev–Trinajstić information content (AvgIpc) is 3.16. The topological polar surface area (TPSA) is 161 Å². The zero-order chi connectivity index (χ0) is 24.1. The molecule has 0 aliphatic carbocycles. The molecule has 0 atom stereocenters. The number of sulfonamides is 2. The first-order chi connectivity index (χ1) is 15.4. The molecule has 4 rings (SSSR count). The van der Waals surface area contributed by atoms with E-state index in [1.54, 1.807) is 0 Å². The number of imidazole rings is 1. The van der Waals surface area contributed by atoms with E-state index in [9.17, 15) is 26.4 Å². The van der Waals surface area contributed by atoms with Gasteiger partial charge in [0.05, 0.1) is 18.1 Å². The number of aromatic nitrogens is 3. The second-order valence-corrected chi connectivity index (χ2v) is 11.5. The van der Waals surface area contributed by atoms with Crippen LogP contribution in [0.3, 0.4) is 0 Å². The van der Waals surface area contributed by atoms with Crippen LogP contribution < -0.4 is 31.0 Å². The lowest BCUT2D eigenvalue weighted by molar-refractivity contribution is 0.454. The third kappa shape index (κ3) is 4.30. The predicted octanol–water partition coefficient (Wildman–Crippen LogP) is -0.538. The highest BCUT2D eigenvalue weighted by atomic mass is 32.2. The molecule has 1 aliphatic heterocycles. The largest absolute Gasteiger partial charge is 0.339 e. The van der Waals surface area contributed by atoms with E-state index >= 15 is 0 Å². The van der Waals surface area contributed by atoms with Crippen molar-refractivity contribution in [2.45, 2.75) is 31.7 Å². The van der Waals surface area contributed by atoms with Gasteiger partial charge in [-0.15, -0.1) is 0 Å². The number of hydrogen-bond donors (Lipinski definition) is 3. The van der Waals surface area contributed by atoms with Gasteiger partial charge in [-0.1, -0.05) is 13.8 Å². The first kappa shape index (κ1) is 22.8. The summed E-state index contributed by atoms with van der Waals surface area (Å²) in [6.45, 7) is 4.29. The number of aryl methyl sites for hydroxylation is 1. The van der Waals surface area contributed by atoms with Crippen molar-refractivity contribution in [3.63, 3.8) is 0 Å². The van der Waals surface area contributed by atoms with E-state index in [-0.39, 0.29) is 38.7 Å². The third-order valence-electron chi connectivity index (χ3n) is 5.03. The Morgan fingerprint density at radius 1 is 1.21 bits per heavy atom. The number of hydrogen-bond acceptors (Lipinski definition) is 8. The summed E-state index contributed by atoms with van der Waals surface area (Å²) in [6, 6.07) is 3.85. The monoisotopic (exact) mass is 494 g/mol. The van der Waals surface area contributed by atoms with E-state index in [4.69, 9.17) is 0 Å². The van der Waals surface area contributed by atoms with Gasteiger partial charge in [0.1, 0.15) is 27.8 Å².